The minimum absolute atomic E-state index is 0.724. The molecule has 0 radical (unpaired) electrons. The molecule has 0 spiro atoms. The van der Waals surface area contributed by atoms with Gasteiger partial charge in [-0.15, -0.1) is 0 Å². The van der Waals surface area contributed by atoms with Crippen LogP contribution in [0.4, 0.5) is 0 Å². The van der Waals surface area contributed by atoms with E-state index in [0.717, 1.165) is 0 Å². The van der Waals surface area contributed by atoms with Crippen molar-refractivity contribution < 1.29 is 46.6 Å². The molecule has 0 nitrogen and oxygen atoms in total. The molecule has 0 atom stereocenters. The quantitative estimate of drug-likeness (QED) is 0.158. The fraction of sp³-hybridized carbons (Fsp3) is 0. The van der Waals surface area contributed by atoms with E-state index in [1.807, 2.05) is 0 Å². The van der Waals surface area contributed by atoms with Crippen molar-refractivity contribution in [1.82, 2.24) is 0 Å². The second-order valence-electron chi connectivity index (χ2n) is 11.0. The van der Waals surface area contributed by atoms with Gasteiger partial charge in [0.25, 0.3) is 0 Å². The number of hydrogen-bond donors (Lipinski definition) is 0. The van der Waals surface area contributed by atoms with Gasteiger partial charge in [-0.2, -0.15) is 0 Å². The van der Waals surface area contributed by atoms with Gasteiger partial charge in [-0.05, 0) is 111 Å². The highest BCUT2D eigenvalue weighted by Crippen LogP contribution is 2.47. The maximum absolute atomic E-state index is 10.4. The number of rotatable bonds is 5. The van der Waals surface area contributed by atoms with Crippen molar-refractivity contribution in [2.75, 3.05) is 0 Å². The highest BCUT2D eigenvalue weighted by Gasteiger charge is 2.19. The Morgan fingerprint density at radius 3 is 1.38 bits per heavy atom. The lowest BCUT2D eigenvalue weighted by molar-refractivity contribution is 1.58. The summed E-state index contributed by atoms with van der Waals surface area (Å²) in [6.45, 7) is 0. The largest absolute Gasteiger partial charge is 0.0636 e. The second-order valence-corrected chi connectivity index (χ2v) is 11.0. The molecule has 0 aliphatic rings. The molecule has 0 heterocycles. The Labute approximate surface area is 351 Å². The van der Waals surface area contributed by atoms with Gasteiger partial charge < -0.3 is 0 Å². The standard InChI is InChI=1S/C52H34/c1-2-13-35(14-3-1)36-27-29-37(30-28-36)40-19-10-20-42(33-40)51-47-23-8-9-24-48(47)52(46-26-12-18-39-16-5-7-22-44(39)46)49-32-31-41(34-50(49)51)45-25-11-17-38-15-4-6-21-43(38)45/h1-34H/i1D,2D,3D,4D,5D,6D,7D,8D,9D,10D,11D,12D,13D,14D,15D,16D,17D,18D,19D,20D,21D,22D,23D,24D,25D,26D,27D,28D,29D,30D,31D,32D,33D,34D. The van der Waals surface area contributed by atoms with Crippen LogP contribution < -0.4 is 0 Å². The summed E-state index contributed by atoms with van der Waals surface area (Å²) in [5, 5.41) is -6.82. The molecule has 0 N–H and O–H groups in total. The summed E-state index contributed by atoms with van der Waals surface area (Å²) in [6, 6.07) is -36.4. The maximum atomic E-state index is 10.4. The third-order valence-electron chi connectivity index (χ3n) is 8.12. The first-order valence-electron chi connectivity index (χ1n) is 32.2. The predicted octanol–water partition coefficient (Wildman–Crippen LogP) is 14.6. The van der Waals surface area contributed by atoms with Crippen LogP contribution in [0.3, 0.4) is 0 Å². The van der Waals surface area contributed by atoms with Gasteiger partial charge in [0.1, 0.15) is 0 Å². The second kappa shape index (κ2) is 12.5. The molecule has 0 aliphatic carbocycles. The summed E-state index contributed by atoms with van der Waals surface area (Å²) < 4.78 is 309. The Hall–Kier alpha value is -6.76. The minimum Gasteiger partial charge on any atom is -0.0622 e. The zero-order valence-electron chi connectivity index (χ0n) is 60.0. The number of benzene rings is 10. The van der Waals surface area contributed by atoms with Gasteiger partial charge >= 0.3 is 0 Å². The zero-order chi connectivity index (χ0) is 64.0. The van der Waals surface area contributed by atoms with Crippen LogP contribution in [-0.2, 0) is 0 Å². The Morgan fingerprint density at radius 2 is 0.673 bits per heavy atom. The van der Waals surface area contributed by atoms with E-state index in [9.17, 15) is 19.2 Å². The molecule has 0 aromatic heterocycles. The first kappa shape index (κ1) is 11.4. The van der Waals surface area contributed by atoms with Crippen molar-refractivity contribution in [3.63, 3.8) is 0 Å². The Balaban J connectivity index is 1.56. The first-order valence-corrected chi connectivity index (χ1v) is 15.2. The van der Waals surface area contributed by atoms with Crippen molar-refractivity contribution in [2.24, 2.45) is 0 Å². The van der Waals surface area contributed by atoms with Crippen LogP contribution in [0.15, 0.2) is 205 Å². The molecular formula is C52H34. The summed E-state index contributed by atoms with van der Waals surface area (Å²) in [5.41, 5.74) is -9.46. The SMILES string of the molecule is [2H]c1c([2H])c([2H])c(-c2c([2H])c([2H])c(-c3c([2H])c([2H])c([2H])c(-c4c5c([2H])c([2H])c([2H])c([2H])c5c(-c5c([2H])c([2H])c([2H])c6c([2H])c([2H])c([2H])c([2H])c56)c5c([2H])c([2H])c(-c6c([2H])c([2H])c([2H])c7c([2H])c([2H])c([2H])c([2H])c67)c([2H])c45)c3[2H])c([2H])c2[2H])c([2H])c1[2H]. The molecule has 0 heteroatoms. The fourth-order valence-electron chi connectivity index (χ4n) is 5.88. The van der Waals surface area contributed by atoms with Crippen LogP contribution in [0.1, 0.15) is 46.6 Å². The third kappa shape index (κ3) is 5.08. The van der Waals surface area contributed by atoms with Gasteiger partial charge in [-0.3, -0.25) is 0 Å². The van der Waals surface area contributed by atoms with Crippen molar-refractivity contribution in [3.05, 3.63) is 205 Å². The van der Waals surface area contributed by atoms with Gasteiger partial charge in [0.2, 0.25) is 0 Å². The van der Waals surface area contributed by atoms with Crippen LogP contribution in [0, 0.1) is 0 Å². The monoisotopic (exact) mass is 692 g/mol. The summed E-state index contributed by atoms with van der Waals surface area (Å²) in [7, 11) is 0. The summed E-state index contributed by atoms with van der Waals surface area (Å²) in [6.07, 6.45) is 0. The third-order valence-corrected chi connectivity index (χ3v) is 8.12. The lowest BCUT2D eigenvalue weighted by Gasteiger charge is -2.20. The smallest absolute Gasteiger partial charge is 0.0622 e. The molecule has 10 aromatic carbocycles. The van der Waals surface area contributed by atoms with Crippen LogP contribution >= 0.6 is 0 Å². The fourth-order valence-corrected chi connectivity index (χ4v) is 5.88. The average molecular weight is 693 g/mol. The minimum atomic E-state index is -1.27. The molecule has 52 heavy (non-hydrogen) atoms. The predicted molar refractivity (Wildman–Crippen MR) is 224 cm³/mol. The van der Waals surface area contributed by atoms with Crippen LogP contribution in [0.5, 0.6) is 0 Å². The summed E-state index contributed by atoms with van der Waals surface area (Å²) in [5.74, 6) is 0. The van der Waals surface area contributed by atoms with Gasteiger partial charge in [0.05, 0.1) is 46.6 Å². The molecule has 10 aromatic rings. The van der Waals surface area contributed by atoms with E-state index in [1.54, 1.807) is 0 Å². The van der Waals surface area contributed by atoms with Crippen molar-refractivity contribution >= 4 is 43.1 Å². The van der Waals surface area contributed by atoms with Gasteiger partial charge in [0, 0.05) is 0 Å². The maximum Gasteiger partial charge on any atom is 0.0636 e. The van der Waals surface area contributed by atoms with Gasteiger partial charge in [0.15, 0.2) is 0 Å². The molecule has 242 valence electrons. The first-order chi connectivity index (χ1) is 40.0. The molecule has 0 saturated heterocycles. The average Bonchev–Trinajstić information content (AvgIpc) is 0.694. The highest BCUT2D eigenvalue weighted by molar-refractivity contribution is 6.24. The number of fused-ring (bicyclic) bond motifs is 4. The molecular weight excluding hydrogens is 625 g/mol. The molecule has 0 fully saturated rings. The molecule has 0 unspecified atom stereocenters. The topological polar surface area (TPSA) is 0 Å². The molecule has 10 rings (SSSR count). The van der Waals surface area contributed by atoms with Crippen molar-refractivity contribution in [2.45, 2.75) is 0 Å². The van der Waals surface area contributed by atoms with E-state index in [0.29, 0.717) is 0 Å². The Kier molecular flexibility index (Phi) is 2.74. The molecule has 0 saturated carbocycles. The normalized spacial score (nSPS) is 20.6. The van der Waals surface area contributed by atoms with E-state index in [2.05, 4.69) is 0 Å². The van der Waals surface area contributed by atoms with Crippen LogP contribution in [0.25, 0.3) is 98.7 Å². The van der Waals surface area contributed by atoms with E-state index >= 15 is 0 Å². The van der Waals surface area contributed by atoms with Crippen molar-refractivity contribution in [1.29, 1.82) is 0 Å². The van der Waals surface area contributed by atoms with Crippen LogP contribution in [0.2, 0.25) is 0 Å². The van der Waals surface area contributed by atoms with E-state index in [1.165, 1.54) is 0 Å². The Morgan fingerprint density at radius 1 is 0.231 bits per heavy atom. The number of hydrogen-bond acceptors (Lipinski definition) is 0. The Bertz CT molecular complexity index is 4840. The van der Waals surface area contributed by atoms with Crippen LogP contribution in [-0.4, -0.2) is 0 Å². The summed E-state index contributed by atoms with van der Waals surface area (Å²) >= 11 is 0. The lowest BCUT2D eigenvalue weighted by Crippen LogP contribution is -1.93. The van der Waals surface area contributed by atoms with Gasteiger partial charge in [-0.1, -0.05) is 193 Å². The zero-order valence-corrected chi connectivity index (χ0v) is 26.0. The van der Waals surface area contributed by atoms with E-state index in [-0.39, 0.29) is 0 Å². The van der Waals surface area contributed by atoms with E-state index < -0.39 is 304 Å². The molecule has 0 aliphatic heterocycles. The van der Waals surface area contributed by atoms with Gasteiger partial charge in [-0.25, -0.2) is 0 Å². The highest BCUT2D eigenvalue weighted by atomic mass is 14.2. The lowest BCUT2D eigenvalue weighted by atomic mass is 9.83. The molecule has 0 bridgehead atoms. The van der Waals surface area contributed by atoms with Crippen molar-refractivity contribution in [3.8, 4) is 55.6 Å². The van der Waals surface area contributed by atoms with E-state index in [4.69, 9.17) is 27.4 Å². The molecule has 0 amide bonds. The summed E-state index contributed by atoms with van der Waals surface area (Å²) in [4.78, 5) is 0.